The molecule has 124 valence electrons. The summed E-state index contributed by atoms with van der Waals surface area (Å²) in [5.74, 6) is -4.09. The first-order valence-electron chi connectivity index (χ1n) is 6.60. The van der Waals surface area contributed by atoms with Gasteiger partial charge in [-0.1, -0.05) is 23.7 Å². The van der Waals surface area contributed by atoms with Gasteiger partial charge in [-0.2, -0.15) is 0 Å². The van der Waals surface area contributed by atoms with E-state index in [4.69, 9.17) is 21.4 Å². The van der Waals surface area contributed by atoms with Crippen LogP contribution < -0.4 is 9.64 Å². The molecule has 0 saturated heterocycles. The number of ether oxygens (including phenoxy) is 1. The highest BCUT2D eigenvalue weighted by molar-refractivity contribution is 6.42. The average molecular weight is 350 g/mol. The third-order valence-electron chi connectivity index (χ3n) is 3.16. The maximum absolute atomic E-state index is 12.2. The van der Waals surface area contributed by atoms with Crippen LogP contribution in [0, 0.1) is 0 Å². The van der Waals surface area contributed by atoms with E-state index < -0.39 is 17.8 Å². The smallest absolute Gasteiger partial charge is 0.395 e. The number of carbonyl (C=O) groups excluding carboxylic acids is 1. The summed E-state index contributed by atoms with van der Waals surface area (Å²) in [6.45, 7) is 0. The number of aliphatic carboxylic acids is 1. The molecule has 0 aliphatic rings. The van der Waals surface area contributed by atoms with Gasteiger partial charge in [-0.05, 0) is 24.3 Å². The minimum atomic E-state index is -1.76. The quantitative estimate of drug-likeness (QED) is 0.822. The Morgan fingerprint density at radius 3 is 2.29 bits per heavy atom. The number of rotatable bonds is 4. The first-order valence-corrected chi connectivity index (χ1v) is 6.98. The predicted octanol–water partition coefficient (Wildman–Crippen LogP) is 2.80. The lowest BCUT2D eigenvalue weighted by molar-refractivity contribution is -0.148. The fourth-order valence-corrected chi connectivity index (χ4v) is 2.29. The Kier molecular flexibility index (Phi) is 5.05. The number of carboxylic acids is 2. The number of carboxylic acid groups (broad SMARTS) is 2. The molecule has 0 aliphatic carbocycles. The molecule has 0 atom stereocenters. The molecule has 0 aliphatic heterocycles. The fourth-order valence-electron chi connectivity index (χ4n) is 2.08. The third-order valence-corrected chi connectivity index (χ3v) is 3.48. The van der Waals surface area contributed by atoms with E-state index in [1.54, 1.807) is 0 Å². The molecule has 0 saturated carbocycles. The first kappa shape index (κ1) is 17.3. The van der Waals surface area contributed by atoms with Crippen molar-refractivity contribution in [2.45, 2.75) is 0 Å². The predicted molar refractivity (Wildman–Crippen MR) is 86.2 cm³/mol. The van der Waals surface area contributed by atoms with Gasteiger partial charge in [0.05, 0.1) is 29.1 Å². The molecule has 2 aromatic carbocycles. The van der Waals surface area contributed by atoms with Crippen LogP contribution in [0.5, 0.6) is 5.75 Å². The zero-order valence-corrected chi connectivity index (χ0v) is 13.1. The topological polar surface area (TPSA) is 104 Å². The minimum absolute atomic E-state index is 0.00267. The van der Waals surface area contributed by atoms with Crippen molar-refractivity contribution in [3.63, 3.8) is 0 Å². The Morgan fingerprint density at radius 2 is 1.71 bits per heavy atom. The summed E-state index contributed by atoms with van der Waals surface area (Å²) < 4.78 is 5.05. The zero-order valence-electron chi connectivity index (χ0n) is 12.4. The van der Waals surface area contributed by atoms with Gasteiger partial charge in [0, 0.05) is 6.07 Å². The van der Waals surface area contributed by atoms with Crippen molar-refractivity contribution in [1.82, 2.24) is 0 Å². The van der Waals surface area contributed by atoms with Crippen molar-refractivity contribution in [2.24, 2.45) is 0 Å². The van der Waals surface area contributed by atoms with Crippen molar-refractivity contribution in [1.29, 1.82) is 0 Å². The van der Waals surface area contributed by atoms with Crippen molar-refractivity contribution in [3.05, 3.63) is 53.1 Å². The van der Waals surface area contributed by atoms with Gasteiger partial charge in [0.1, 0.15) is 5.75 Å². The largest absolute Gasteiger partial charge is 0.497 e. The SMILES string of the molecule is COc1ccc(Cl)c(N(C(=O)C(=O)O)c2ccccc2C(=O)O)c1. The van der Waals surface area contributed by atoms with E-state index in [1.165, 1.54) is 49.6 Å². The van der Waals surface area contributed by atoms with E-state index in [0.717, 1.165) is 4.90 Å². The van der Waals surface area contributed by atoms with Crippen LogP contribution in [-0.4, -0.2) is 35.2 Å². The van der Waals surface area contributed by atoms with Gasteiger partial charge >= 0.3 is 17.8 Å². The Hall–Kier alpha value is -3.06. The number of aromatic carboxylic acids is 1. The molecule has 1 amide bonds. The van der Waals surface area contributed by atoms with Crippen LogP contribution in [0.1, 0.15) is 10.4 Å². The summed E-state index contributed by atoms with van der Waals surface area (Å²) in [7, 11) is 1.39. The van der Waals surface area contributed by atoms with E-state index in [1.807, 2.05) is 0 Å². The van der Waals surface area contributed by atoms with Crippen LogP contribution in [-0.2, 0) is 9.59 Å². The van der Waals surface area contributed by atoms with Crippen LogP contribution in [0.3, 0.4) is 0 Å². The minimum Gasteiger partial charge on any atom is -0.497 e. The van der Waals surface area contributed by atoms with Crippen LogP contribution in [0.4, 0.5) is 11.4 Å². The van der Waals surface area contributed by atoms with Gasteiger partial charge < -0.3 is 14.9 Å². The lowest BCUT2D eigenvalue weighted by atomic mass is 10.1. The normalized spacial score (nSPS) is 10.1. The molecule has 2 rings (SSSR count). The van der Waals surface area contributed by atoms with Gasteiger partial charge in [0.2, 0.25) is 0 Å². The number of nitrogens with zero attached hydrogens (tertiary/aromatic N) is 1. The molecule has 24 heavy (non-hydrogen) atoms. The van der Waals surface area contributed by atoms with Crippen molar-refractivity contribution >= 4 is 40.8 Å². The highest BCUT2D eigenvalue weighted by Gasteiger charge is 2.29. The lowest BCUT2D eigenvalue weighted by Gasteiger charge is -2.24. The molecule has 2 N–H and O–H groups in total. The number of methoxy groups -OCH3 is 1. The molecule has 2 aromatic rings. The van der Waals surface area contributed by atoms with Crippen LogP contribution in [0.2, 0.25) is 5.02 Å². The molecule has 0 spiro atoms. The third kappa shape index (κ3) is 3.31. The van der Waals surface area contributed by atoms with Crippen molar-refractivity contribution in [2.75, 3.05) is 12.0 Å². The highest BCUT2D eigenvalue weighted by Crippen LogP contribution is 2.36. The molecule has 0 bridgehead atoms. The molecule has 0 radical (unpaired) electrons. The standard InChI is InChI=1S/C16H12ClNO6/c1-24-9-6-7-11(17)13(8-9)18(14(19)16(22)23)12-5-3-2-4-10(12)15(20)21/h2-8H,1H3,(H,20,21)(H,22,23). The number of para-hydroxylation sites is 1. The monoisotopic (exact) mass is 349 g/mol. The second-order valence-electron chi connectivity index (χ2n) is 4.59. The summed E-state index contributed by atoms with van der Waals surface area (Å²) in [5.41, 5.74) is -0.365. The van der Waals surface area contributed by atoms with Gasteiger partial charge in [-0.15, -0.1) is 0 Å². The van der Waals surface area contributed by atoms with Crippen LogP contribution in [0.15, 0.2) is 42.5 Å². The summed E-state index contributed by atoms with van der Waals surface area (Å²) >= 11 is 6.09. The van der Waals surface area contributed by atoms with Gasteiger partial charge in [-0.3, -0.25) is 9.69 Å². The second kappa shape index (κ2) is 7.01. The number of hydrogen-bond acceptors (Lipinski definition) is 4. The molecule has 0 fully saturated rings. The Balaban J connectivity index is 2.75. The molecule has 0 aromatic heterocycles. The first-order chi connectivity index (χ1) is 11.4. The summed E-state index contributed by atoms with van der Waals surface area (Å²) in [6, 6.07) is 9.82. The van der Waals surface area contributed by atoms with E-state index in [-0.39, 0.29) is 22.0 Å². The van der Waals surface area contributed by atoms with E-state index in [9.17, 15) is 19.5 Å². The van der Waals surface area contributed by atoms with Crippen molar-refractivity contribution < 1.29 is 29.3 Å². The summed E-state index contributed by atoms with van der Waals surface area (Å²) in [4.78, 5) is 35.6. The Bertz CT molecular complexity index is 820. The number of benzene rings is 2. The molecule has 8 heteroatoms. The lowest BCUT2D eigenvalue weighted by Crippen LogP contribution is -2.33. The maximum atomic E-state index is 12.2. The van der Waals surface area contributed by atoms with Crippen molar-refractivity contribution in [3.8, 4) is 5.75 Å². The molecular formula is C16H12ClNO6. The zero-order chi connectivity index (χ0) is 17.9. The molecular weight excluding hydrogens is 338 g/mol. The summed E-state index contributed by atoms with van der Waals surface area (Å²) in [6.07, 6.45) is 0. The van der Waals surface area contributed by atoms with E-state index in [2.05, 4.69) is 0 Å². The number of halogens is 1. The van der Waals surface area contributed by atoms with Crippen LogP contribution in [0.25, 0.3) is 0 Å². The van der Waals surface area contributed by atoms with Gasteiger partial charge in [0.15, 0.2) is 0 Å². The maximum Gasteiger partial charge on any atom is 0.395 e. The van der Waals surface area contributed by atoms with Gasteiger partial charge in [-0.25, -0.2) is 9.59 Å². The number of anilines is 2. The second-order valence-corrected chi connectivity index (χ2v) is 4.99. The Labute approximate surface area is 141 Å². The van der Waals surface area contributed by atoms with Gasteiger partial charge in [0.25, 0.3) is 0 Å². The van der Waals surface area contributed by atoms with E-state index >= 15 is 0 Å². The number of amides is 1. The Morgan fingerprint density at radius 1 is 1.04 bits per heavy atom. The number of carbonyl (C=O) groups is 3. The highest BCUT2D eigenvalue weighted by atomic mass is 35.5. The molecule has 7 nitrogen and oxygen atoms in total. The molecule has 0 heterocycles. The molecule has 0 unspecified atom stereocenters. The van der Waals surface area contributed by atoms with Crippen LogP contribution >= 0.6 is 11.6 Å². The average Bonchev–Trinajstić information content (AvgIpc) is 2.56. The fraction of sp³-hybridized carbons (Fsp3) is 0.0625. The summed E-state index contributed by atoms with van der Waals surface area (Å²) in [5, 5.41) is 18.5. The number of hydrogen-bond donors (Lipinski definition) is 2. The van der Waals surface area contributed by atoms with E-state index in [0.29, 0.717) is 5.75 Å².